The number of aliphatic carboxylic acids is 1. The molecule has 7 heteroatoms. The molecule has 1 aromatic rings. The number of carboxylic acids is 1. The Balaban J connectivity index is 2.52. The van der Waals surface area contributed by atoms with Crippen molar-refractivity contribution in [2.24, 2.45) is 16.1 Å². The Labute approximate surface area is 152 Å². The van der Waals surface area contributed by atoms with Gasteiger partial charge in [0.2, 0.25) is 0 Å². The van der Waals surface area contributed by atoms with Crippen LogP contribution in [0.1, 0.15) is 44.7 Å². The number of carboxylic acid groups (broad SMARTS) is 1. The highest BCUT2D eigenvalue weighted by Gasteiger charge is 2.24. The van der Waals surface area contributed by atoms with Crippen LogP contribution < -0.4 is 11.0 Å². The highest BCUT2D eigenvalue weighted by atomic mass is 16.4. The lowest BCUT2D eigenvalue weighted by atomic mass is 9.84. The van der Waals surface area contributed by atoms with Crippen LogP contribution in [0.2, 0.25) is 0 Å². The molecule has 138 valence electrons. The van der Waals surface area contributed by atoms with Crippen molar-refractivity contribution in [3.63, 3.8) is 0 Å². The molecule has 0 fully saturated rings. The zero-order valence-electron chi connectivity index (χ0n) is 15.3. The number of hydrogen-bond acceptors (Lipinski definition) is 6. The molecular formula is C19H24N4O3. The molecule has 0 heterocycles. The van der Waals surface area contributed by atoms with Crippen molar-refractivity contribution >= 4 is 23.1 Å². The van der Waals surface area contributed by atoms with E-state index in [1.165, 1.54) is 0 Å². The molecule has 0 saturated heterocycles. The van der Waals surface area contributed by atoms with Gasteiger partial charge in [-0.2, -0.15) is 10.2 Å². The van der Waals surface area contributed by atoms with Crippen LogP contribution in [0.15, 0.2) is 46.7 Å². The smallest absolute Gasteiger partial charge is 0.303 e. The standard InChI is InChI=1S/C19H24N4O3/c1-19(2,3)15-11-13(9-10-17(24)25)12-16(18(15)22-26)23(20)21-14-7-5-4-6-8-14/h4-7,11-12H,8-10,20H2,1-3H3,(H,24,25)/b21-14-. The summed E-state index contributed by atoms with van der Waals surface area (Å²) in [6, 6.07) is 3.51. The summed E-state index contributed by atoms with van der Waals surface area (Å²) in [6.45, 7) is 5.88. The molecule has 2 rings (SSSR count). The van der Waals surface area contributed by atoms with Gasteiger partial charge >= 0.3 is 5.97 Å². The molecule has 0 aliphatic heterocycles. The fourth-order valence-corrected chi connectivity index (χ4v) is 2.68. The first-order chi connectivity index (χ1) is 12.2. The number of anilines is 1. The highest BCUT2D eigenvalue weighted by Crippen LogP contribution is 2.40. The van der Waals surface area contributed by atoms with E-state index >= 15 is 0 Å². The second-order valence-electron chi connectivity index (χ2n) is 7.17. The fourth-order valence-electron chi connectivity index (χ4n) is 2.68. The van der Waals surface area contributed by atoms with Crippen molar-refractivity contribution in [1.82, 2.24) is 0 Å². The minimum Gasteiger partial charge on any atom is -0.481 e. The topological polar surface area (TPSA) is 108 Å². The maximum atomic E-state index is 11.6. The molecule has 0 atom stereocenters. The SMILES string of the molecule is CC(C)(C)c1cc(CCC(=O)O)cc(N(N)/N=C2/C=CC=CC2)c1N=O. The first-order valence-corrected chi connectivity index (χ1v) is 8.40. The number of hydrazone groups is 1. The summed E-state index contributed by atoms with van der Waals surface area (Å²) in [5.74, 6) is 5.23. The van der Waals surface area contributed by atoms with Crippen LogP contribution in [0.25, 0.3) is 0 Å². The van der Waals surface area contributed by atoms with Crippen LogP contribution in [0, 0.1) is 4.91 Å². The Bertz CT molecular complexity index is 789. The monoisotopic (exact) mass is 356 g/mol. The summed E-state index contributed by atoms with van der Waals surface area (Å²) in [6.07, 6.45) is 8.53. The Morgan fingerprint density at radius 1 is 1.31 bits per heavy atom. The third-order valence-corrected chi connectivity index (χ3v) is 4.02. The zero-order chi connectivity index (χ0) is 19.3. The molecule has 0 aromatic heterocycles. The lowest BCUT2D eigenvalue weighted by Crippen LogP contribution is -2.27. The summed E-state index contributed by atoms with van der Waals surface area (Å²) in [7, 11) is 0. The van der Waals surface area contributed by atoms with E-state index in [0.29, 0.717) is 24.1 Å². The molecule has 0 bridgehead atoms. The van der Waals surface area contributed by atoms with Crippen LogP contribution in [0.4, 0.5) is 11.4 Å². The molecule has 0 unspecified atom stereocenters. The van der Waals surface area contributed by atoms with Crippen LogP contribution >= 0.6 is 0 Å². The van der Waals surface area contributed by atoms with Crippen LogP contribution in [0.5, 0.6) is 0 Å². The number of rotatable bonds is 6. The van der Waals surface area contributed by atoms with Crippen LogP contribution in [0.3, 0.4) is 0 Å². The van der Waals surface area contributed by atoms with Gasteiger partial charge in [0.05, 0.1) is 5.71 Å². The fraction of sp³-hybridized carbons (Fsp3) is 0.368. The van der Waals surface area contributed by atoms with Gasteiger partial charge in [-0.05, 0) is 40.3 Å². The predicted octanol–water partition coefficient (Wildman–Crippen LogP) is 3.95. The van der Waals surface area contributed by atoms with Crippen molar-refractivity contribution in [2.45, 2.75) is 45.4 Å². The second kappa shape index (κ2) is 8.05. The maximum Gasteiger partial charge on any atom is 0.303 e. The van der Waals surface area contributed by atoms with Gasteiger partial charge in [0.25, 0.3) is 0 Å². The molecular weight excluding hydrogens is 332 g/mol. The molecule has 0 radical (unpaired) electrons. The van der Waals surface area contributed by atoms with Gasteiger partial charge in [0, 0.05) is 12.8 Å². The minimum atomic E-state index is -0.884. The van der Waals surface area contributed by atoms with Gasteiger partial charge in [-0.3, -0.25) is 4.79 Å². The Morgan fingerprint density at radius 2 is 2.04 bits per heavy atom. The maximum absolute atomic E-state index is 11.6. The molecule has 7 nitrogen and oxygen atoms in total. The number of benzene rings is 1. The average molecular weight is 356 g/mol. The average Bonchev–Trinajstić information content (AvgIpc) is 2.59. The first-order valence-electron chi connectivity index (χ1n) is 8.40. The van der Waals surface area contributed by atoms with E-state index in [2.05, 4.69) is 10.3 Å². The molecule has 0 spiro atoms. The quantitative estimate of drug-likeness (QED) is 0.456. The van der Waals surface area contributed by atoms with E-state index in [4.69, 9.17) is 10.9 Å². The predicted molar refractivity (Wildman–Crippen MR) is 104 cm³/mol. The molecule has 1 aromatic carbocycles. The third kappa shape index (κ3) is 4.86. The van der Waals surface area contributed by atoms with Gasteiger partial charge in [-0.15, -0.1) is 4.91 Å². The Kier molecular flexibility index (Phi) is 6.05. The van der Waals surface area contributed by atoms with Crippen LogP contribution in [-0.2, 0) is 16.6 Å². The van der Waals surface area contributed by atoms with Gasteiger partial charge in [-0.25, -0.2) is 5.84 Å². The van der Waals surface area contributed by atoms with Gasteiger partial charge in [0.1, 0.15) is 11.4 Å². The number of hydrazine groups is 1. The third-order valence-electron chi connectivity index (χ3n) is 4.02. The number of hydrogen-bond donors (Lipinski definition) is 2. The van der Waals surface area contributed by atoms with Gasteiger partial charge < -0.3 is 5.11 Å². The zero-order valence-corrected chi connectivity index (χ0v) is 15.3. The highest BCUT2D eigenvalue weighted by molar-refractivity contribution is 5.97. The number of allylic oxidation sites excluding steroid dienone is 4. The van der Waals surface area contributed by atoms with Gasteiger partial charge in [0.15, 0.2) is 0 Å². The minimum absolute atomic E-state index is 0.0104. The number of carbonyl (C=O) groups is 1. The largest absolute Gasteiger partial charge is 0.481 e. The van der Waals surface area contributed by atoms with Crippen molar-refractivity contribution in [3.8, 4) is 0 Å². The van der Waals surface area contributed by atoms with E-state index in [0.717, 1.165) is 16.4 Å². The number of nitrogens with zero attached hydrogens (tertiary/aromatic N) is 3. The second-order valence-corrected chi connectivity index (χ2v) is 7.17. The van der Waals surface area contributed by atoms with Crippen molar-refractivity contribution < 1.29 is 9.90 Å². The molecule has 1 aliphatic rings. The van der Waals surface area contributed by atoms with E-state index < -0.39 is 5.97 Å². The summed E-state index contributed by atoms with van der Waals surface area (Å²) < 4.78 is 0. The van der Waals surface area contributed by atoms with Crippen LogP contribution in [-0.4, -0.2) is 16.8 Å². The summed E-state index contributed by atoms with van der Waals surface area (Å²) in [4.78, 5) is 22.5. The van der Waals surface area contributed by atoms with Gasteiger partial charge in [-0.1, -0.05) is 45.1 Å². The molecule has 1 aliphatic carbocycles. The van der Waals surface area contributed by atoms with Crippen molar-refractivity contribution in [3.05, 3.63) is 52.5 Å². The van der Waals surface area contributed by atoms with E-state index in [9.17, 15) is 9.70 Å². The normalized spacial score (nSPS) is 15.3. The van der Waals surface area contributed by atoms with Crippen molar-refractivity contribution in [1.29, 1.82) is 0 Å². The molecule has 26 heavy (non-hydrogen) atoms. The summed E-state index contributed by atoms with van der Waals surface area (Å²) >= 11 is 0. The number of nitroso groups, excluding NO2 is 1. The number of nitrogens with two attached hydrogens (primary N) is 1. The van der Waals surface area contributed by atoms with E-state index in [1.807, 2.05) is 51.1 Å². The molecule has 0 amide bonds. The lowest BCUT2D eigenvalue weighted by Gasteiger charge is -2.25. The summed E-state index contributed by atoms with van der Waals surface area (Å²) in [5, 5.41) is 17.7. The van der Waals surface area contributed by atoms with E-state index in [-0.39, 0.29) is 17.5 Å². The van der Waals surface area contributed by atoms with E-state index in [1.54, 1.807) is 6.07 Å². The van der Waals surface area contributed by atoms with Crippen molar-refractivity contribution in [2.75, 3.05) is 5.12 Å². The summed E-state index contributed by atoms with van der Waals surface area (Å²) in [5.41, 5.74) is 2.45. The lowest BCUT2D eigenvalue weighted by molar-refractivity contribution is -0.136. The molecule has 0 saturated carbocycles. The number of aryl methyl sites for hydroxylation is 1. The Morgan fingerprint density at radius 3 is 2.58 bits per heavy atom. The first kappa shape index (κ1) is 19.5. The molecule has 3 N–H and O–H groups in total. The Hall–Kier alpha value is -2.80.